The Bertz CT molecular complexity index is 916. The molecular formula is C21H18F4N2. The van der Waals surface area contributed by atoms with E-state index in [0.29, 0.717) is 11.4 Å². The Balaban J connectivity index is 1.90. The summed E-state index contributed by atoms with van der Waals surface area (Å²) in [6, 6.07) is 6.06. The molecule has 3 rings (SSSR count). The summed E-state index contributed by atoms with van der Waals surface area (Å²) < 4.78 is 54.7. The lowest BCUT2D eigenvalue weighted by atomic mass is 10.0. The molecule has 2 aromatic carbocycles. The fourth-order valence-electron chi connectivity index (χ4n) is 2.79. The number of halogens is 4. The average Bonchev–Trinajstić information content (AvgIpc) is 2.66. The molecule has 0 unspecified atom stereocenters. The number of rotatable bonds is 6. The third-order valence-corrected chi connectivity index (χ3v) is 4.34. The predicted molar refractivity (Wildman–Crippen MR) is 96.2 cm³/mol. The van der Waals surface area contributed by atoms with Gasteiger partial charge in [-0.2, -0.15) is 0 Å². The number of hydrogen-bond donors (Lipinski definition) is 0. The van der Waals surface area contributed by atoms with Gasteiger partial charge in [0.25, 0.3) is 0 Å². The SMILES string of the molecule is CCCCc1cnc(-c2ccc(-c3cc(F)c(CF)c(F)c3)c(F)c2)nc1. The summed E-state index contributed by atoms with van der Waals surface area (Å²) in [5.41, 5.74) is 0.826. The van der Waals surface area contributed by atoms with Crippen LogP contribution < -0.4 is 0 Å². The zero-order valence-corrected chi connectivity index (χ0v) is 14.8. The van der Waals surface area contributed by atoms with Crippen LogP contribution in [0.3, 0.4) is 0 Å². The monoisotopic (exact) mass is 374 g/mol. The standard InChI is InChI=1S/C21H18F4N2/c1-2-3-4-13-11-26-21(27-12-13)14-5-6-16(18(23)7-14)15-8-19(24)17(10-22)20(25)9-15/h5-9,11-12H,2-4,10H2,1H3. The van der Waals surface area contributed by atoms with Crippen LogP contribution in [0, 0.1) is 17.5 Å². The highest BCUT2D eigenvalue weighted by molar-refractivity contribution is 5.69. The molecule has 0 bridgehead atoms. The maximum atomic E-state index is 14.5. The highest BCUT2D eigenvalue weighted by Gasteiger charge is 2.15. The highest BCUT2D eigenvalue weighted by Crippen LogP contribution is 2.29. The molecule has 1 aromatic heterocycles. The number of unbranched alkanes of at least 4 members (excludes halogenated alkanes) is 1. The van der Waals surface area contributed by atoms with Crippen molar-refractivity contribution in [1.82, 2.24) is 9.97 Å². The van der Waals surface area contributed by atoms with Crippen molar-refractivity contribution in [2.75, 3.05) is 0 Å². The second-order valence-corrected chi connectivity index (χ2v) is 6.27. The molecule has 0 amide bonds. The van der Waals surface area contributed by atoms with E-state index >= 15 is 0 Å². The molecule has 0 aliphatic rings. The topological polar surface area (TPSA) is 25.8 Å². The van der Waals surface area contributed by atoms with E-state index in [0.717, 1.165) is 37.0 Å². The Morgan fingerprint density at radius 3 is 2.04 bits per heavy atom. The van der Waals surface area contributed by atoms with E-state index in [1.54, 1.807) is 18.5 Å². The Morgan fingerprint density at radius 2 is 1.48 bits per heavy atom. The van der Waals surface area contributed by atoms with Gasteiger partial charge in [-0.25, -0.2) is 27.5 Å². The lowest BCUT2D eigenvalue weighted by molar-refractivity contribution is 0.440. The third-order valence-electron chi connectivity index (χ3n) is 4.34. The average molecular weight is 374 g/mol. The maximum Gasteiger partial charge on any atom is 0.159 e. The molecule has 0 radical (unpaired) electrons. The van der Waals surface area contributed by atoms with Crippen LogP contribution in [0.2, 0.25) is 0 Å². The van der Waals surface area contributed by atoms with Crippen molar-refractivity contribution < 1.29 is 17.6 Å². The quantitative estimate of drug-likeness (QED) is 0.492. The van der Waals surface area contributed by atoms with Gasteiger partial charge in [0.1, 0.15) is 24.1 Å². The van der Waals surface area contributed by atoms with Gasteiger partial charge >= 0.3 is 0 Å². The highest BCUT2D eigenvalue weighted by atomic mass is 19.1. The van der Waals surface area contributed by atoms with Crippen LogP contribution in [0.1, 0.15) is 30.9 Å². The molecule has 1 heterocycles. The minimum atomic E-state index is -1.26. The predicted octanol–water partition coefficient (Wildman–Crippen LogP) is 6.04. The van der Waals surface area contributed by atoms with Gasteiger partial charge in [0.15, 0.2) is 5.82 Å². The summed E-state index contributed by atoms with van der Waals surface area (Å²) in [5.74, 6) is -2.38. The van der Waals surface area contributed by atoms with Crippen LogP contribution >= 0.6 is 0 Å². The van der Waals surface area contributed by atoms with Gasteiger partial charge in [-0.3, -0.25) is 0 Å². The fraction of sp³-hybridized carbons (Fsp3) is 0.238. The minimum absolute atomic E-state index is 0.00193. The second kappa shape index (κ2) is 8.29. The van der Waals surface area contributed by atoms with Crippen LogP contribution in [0.4, 0.5) is 17.6 Å². The van der Waals surface area contributed by atoms with Gasteiger partial charge in [0.05, 0.1) is 5.56 Å². The van der Waals surface area contributed by atoms with Gasteiger partial charge in [-0.05, 0) is 42.2 Å². The fourth-order valence-corrected chi connectivity index (χ4v) is 2.79. The van der Waals surface area contributed by atoms with Gasteiger partial charge < -0.3 is 0 Å². The molecule has 0 aliphatic heterocycles. The number of alkyl halides is 1. The van der Waals surface area contributed by atoms with Crippen molar-refractivity contribution in [3.63, 3.8) is 0 Å². The Hall–Kier alpha value is -2.76. The van der Waals surface area contributed by atoms with Crippen molar-refractivity contribution >= 4 is 0 Å². The lowest BCUT2D eigenvalue weighted by Gasteiger charge is -2.09. The van der Waals surface area contributed by atoms with Crippen LogP contribution in [-0.2, 0) is 13.1 Å². The van der Waals surface area contributed by atoms with Crippen LogP contribution in [0.5, 0.6) is 0 Å². The molecule has 140 valence electrons. The zero-order chi connectivity index (χ0) is 19.4. The molecule has 0 aliphatic carbocycles. The van der Waals surface area contributed by atoms with E-state index in [-0.39, 0.29) is 11.1 Å². The molecule has 2 nitrogen and oxygen atoms in total. The first-order valence-corrected chi connectivity index (χ1v) is 8.68. The number of benzene rings is 2. The van der Waals surface area contributed by atoms with Crippen LogP contribution in [-0.4, -0.2) is 9.97 Å². The van der Waals surface area contributed by atoms with Gasteiger partial charge in [0, 0.05) is 23.5 Å². The molecule has 0 saturated carbocycles. The largest absolute Gasteiger partial charge is 0.246 e. The minimum Gasteiger partial charge on any atom is -0.246 e. The molecular weight excluding hydrogens is 356 g/mol. The lowest BCUT2D eigenvalue weighted by Crippen LogP contribution is -1.96. The van der Waals surface area contributed by atoms with Gasteiger partial charge in [-0.1, -0.05) is 25.5 Å². The van der Waals surface area contributed by atoms with Crippen molar-refractivity contribution in [2.45, 2.75) is 32.9 Å². The van der Waals surface area contributed by atoms with E-state index in [9.17, 15) is 17.6 Å². The molecule has 6 heteroatoms. The molecule has 0 saturated heterocycles. The summed E-state index contributed by atoms with van der Waals surface area (Å²) >= 11 is 0. The summed E-state index contributed by atoms with van der Waals surface area (Å²) in [7, 11) is 0. The Kier molecular flexibility index (Phi) is 5.84. The first-order chi connectivity index (χ1) is 13.0. The van der Waals surface area contributed by atoms with Crippen molar-refractivity contribution in [3.8, 4) is 22.5 Å². The summed E-state index contributed by atoms with van der Waals surface area (Å²) in [6.45, 7) is 0.841. The smallest absolute Gasteiger partial charge is 0.159 e. The number of hydrogen-bond acceptors (Lipinski definition) is 2. The molecule has 0 atom stereocenters. The summed E-state index contributed by atoms with van der Waals surface area (Å²) in [6.07, 6.45) is 6.42. The van der Waals surface area contributed by atoms with Crippen molar-refractivity contribution in [2.24, 2.45) is 0 Å². The van der Waals surface area contributed by atoms with Crippen molar-refractivity contribution in [1.29, 1.82) is 0 Å². The van der Waals surface area contributed by atoms with E-state index in [2.05, 4.69) is 16.9 Å². The maximum absolute atomic E-state index is 14.5. The Morgan fingerprint density at radius 1 is 0.852 bits per heavy atom. The van der Waals surface area contributed by atoms with Crippen LogP contribution in [0.25, 0.3) is 22.5 Å². The first kappa shape index (κ1) is 19.0. The second-order valence-electron chi connectivity index (χ2n) is 6.27. The first-order valence-electron chi connectivity index (χ1n) is 8.68. The normalized spacial score (nSPS) is 11.0. The molecule has 27 heavy (non-hydrogen) atoms. The number of aryl methyl sites for hydroxylation is 1. The zero-order valence-electron chi connectivity index (χ0n) is 14.8. The molecule has 0 fully saturated rings. The summed E-state index contributed by atoms with van der Waals surface area (Å²) in [4.78, 5) is 8.51. The number of aromatic nitrogens is 2. The van der Waals surface area contributed by atoms with Gasteiger partial charge in [0.2, 0.25) is 0 Å². The Labute approximate surface area is 154 Å². The van der Waals surface area contributed by atoms with Crippen LogP contribution in [0.15, 0.2) is 42.7 Å². The number of nitrogens with zero attached hydrogens (tertiary/aromatic N) is 2. The van der Waals surface area contributed by atoms with E-state index in [4.69, 9.17) is 0 Å². The molecule has 3 aromatic rings. The third kappa shape index (κ3) is 4.15. The molecule has 0 spiro atoms. The van der Waals surface area contributed by atoms with Crippen molar-refractivity contribution in [3.05, 3.63) is 71.3 Å². The summed E-state index contributed by atoms with van der Waals surface area (Å²) in [5, 5.41) is 0. The van der Waals surface area contributed by atoms with Gasteiger partial charge in [-0.15, -0.1) is 0 Å². The molecule has 0 N–H and O–H groups in total. The van der Waals surface area contributed by atoms with E-state index in [1.807, 2.05) is 0 Å². The van der Waals surface area contributed by atoms with E-state index in [1.165, 1.54) is 12.1 Å². The van der Waals surface area contributed by atoms with E-state index < -0.39 is 29.7 Å².